The van der Waals surface area contributed by atoms with Gasteiger partial charge in [0.15, 0.2) is 0 Å². The standard InChI is InChI=1S/C12H13N3O2S/c13-6-10-5-9(1-2-14-10)7-15-3-4-18-8-11(15)12(16)17/h1-2,5,11H,3-4,7-8H2,(H,16,17). The quantitative estimate of drug-likeness (QED) is 0.875. The SMILES string of the molecule is N#Cc1cc(CN2CCSCC2C(=O)O)ccn1. The van der Waals surface area contributed by atoms with E-state index in [-0.39, 0.29) is 0 Å². The minimum Gasteiger partial charge on any atom is -0.480 e. The van der Waals surface area contributed by atoms with Gasteiger partial charge in [-0.1, -0.05) is 0 Å². The minimum atomic E-state index is -0.781. The van der Waals surface area contributed by atoms with Crippen LogP contribution >= 0.6 is 11.8 Å². The molecule has 0 bridgehead atoms. The van der Waals surface area contributed by atoms with Gasteiger partial charge in [-0.2, -0.15) is 17.0 Å². The van der Waals surface area contributed by atoms with E-state index in [0.717, 1.165) is 17.9 Å². The summed E-state index contributed by atoms with van der Waals surface area (Å²) in [6.07, 6.45) is 1.59. The first-order chi connectivity index (χ1) is 8.70. The molecule has 1 fully saturated rings. The smallest absolute Gasteiger partial charge is 0.321 e. The van der Waals surface area contributed by atoms with Crippen molar-refractivity contribution in [3.8, 4) is 6.07 Å². The molecule has 6 heteroatoms. The number of carboxylic acid groups (broad SMARTS) is 1. The first kappa shape index (κ1) is 12.9. The first-order valence-electron chi connectivity index (χ1n) is 5.60. The summed E-state index contributed by atoms with van der Waals surface area (Å²) in [5.74, 6) is 0.780. The number of nitrogens with zero attached hydrogens (tertiary/aromatic N) is 3. The van der Waals surface area contributed by atoms with E-state index in [4.69, 9.17) is 10.4 Å². The Bertz CT molecular complexity index is 486. The van der Waals surface area contributed by atoms with Crippen LogP contribution in [0.15, 0.2) is 18.3 Å². The second-order valence-corrected chi connectivity index (χ2v) is 5.21. The predicted molar refractivity (Wildman–Crippen MR) is 68.1 cm³/mol. The highest BCUT2D eigenvalue weighted by Crippen LogP contribution is 2.19. The van der Waals surface area contributed by atoms with Crippen molar-refractivity contribution in [2.24, 2.45) is 0 Å². The fraction of sp³-hybridized carbons (Fsp3) is 0.417. The number of thioether (sulfide) groups is 1. The highest BCUT2D eigenvalue weighted by atomic mass is 32.2. The summed E-state index contributed by atoms with van der Waals surface area (Å²) in [4.78, 5) is 17.0. The van der Waals surface area contributed by atoms with Crippen molar-refractivity contribution in [1.82, 2.24) is 9.88 Å². The van der Waals surface area contributed by atoms with Gasteiger partial charge in [-0.3, -0.25) is 9.69 Å². The molecular formula is C12H13N3O2S. The fourth-order valence-electron chi connectivity index (χ4n) is 1.92. The van der Waals surface area contributed by atoms with Gasteiger partial charge in [0.05, 0.1) is 0 Å². The van der Waals surface area contributed by atoms with E-state index in [0.29, 0.717) is 18.0 Å². The van der Waals surface area contributed by atoms with Gasteiger partial charge >= 0.3 is 5.97 Å². The van der Waals surface area contributed by atoms with Crippen LogP contribution in [0.5, 0.6) is 0 Å². The van der Waals surface area contributed by atoms with Gasteiger partial charge in [0.25, 0.3) is 0 Å². The van der Waals surface area contributed by atoms with Crippen LogP contribution in [0, 0.1) is 11.3 Å². The van der Waals surface area contributed by atoms with Crippen molar-refractivity contribution in [3.05, 3.63) is 29.6 Å². The fourth-order valence-corrected chi connectivity index (χ4v) is 3.03. The Morgan fingerprint density at radius 3 is 3.28 bits per heavy atom. The topological polar surface area (TPSA) is 77.2 Å². The van der Waals surface area contributed by atoms with Crippen LogP contribution in [0.25, 0.3) is 0 Å². The summed E-state index contributed by atoms with van der Waals surface area (Å²) >= 11 is 1.67. The molecule has 1 saturated heterocycles. The maximum Gasteiger partial charge on any atom is 0.321 e. The van der Waals surface area contributed by atoms with Crippen LogP contribution < -0.4 is 0 Å². The molecule has 1 aromatic heterocycles. The molecule has 5 nitrogen and oxygen atoms in total. The lowest BCUT2D eigenvalue weighted by molar-refractivity contribution is -0.142. The predicted octanol–water partition coefficient (Wildman–Crippen LogP) is 0.955. The number of nitriles is 1. The molecule has 18 heavy (non-hydrogen) atoms. The number of aromatic nitrogens is 1. The number of pyridine rings is 1. The van der Waals surface area contributed by atoms with E-state index < -0.39 is 12.0 Å². The zero-order valence-electron chi connectivity index (χ0n) is 9.74. The number of carbonyl (C=O) groups is 1. The third-order valence-electron chi connectivity index (χ3n) is 2.85. The Balaban J connectivity index is 2.11. The van der Waals surface area contributed by atoms with Gasteiger partial charge in [0.1, 0.15) is 17.8 Å². The van der Waals surface area contributed by atoms with Crippen molar-refractivity contribution in [2.75, 3.05) is 18.1 Å². The second-order valence-electron chi connectivity index (χ2n) is 4.06. The summed E-state index contributed by atoms with van der Waals surface area (Å²) in [7, 11) is 0. The Labute approximate surface area is 109 Å². The molecule has 1 aliphatic heterocycles. The maximum atomic E-state index is 11.2. The molecule has 1 aliphatic rings. The molecule has 1 N–H and O–H groups in total. The average molecular weight is 263 g/mol. The van der Waals surface area contributed by atoms with Crippen LogP contribution in [0.1, 0.15) is 11.3 Å². The number of hydrogen-bond acceptors (Lipinski definition) is 5. The summed E-state index contributed by atoms with van der Waals surface area (Å²) < 4.78 is 0. The zero-order chi connectivity index (χ0) is 13.0. The van der Waals surface area contributed by atoms with Crippen LogP contribution in [-0.4, -0.2) is 45.1 Å². The molecule has 0 spiro atoms. The van der Waals surface area contributed by atoms with E-state index in [1.807, 2.05) is 17.0 Å². The van der Waals surface area contributed by atoms with Crippen molar-refractivity contribution >= 4 is 17.7 Å². The maximum absolute atomic E-state index is 11.2. The Morgan fingerprint density at radius 2 is 2.56 bits per heavy atom. The Kier molecular flexibility index (Phi) is 4.18. The molecule has 0 aromatic carbocycles. The minimum absolute atomic E-state index is 0.366. The number of hydrogen-bond donors (Lipinski definition) is 1. The van der Waals surface area contributed by atoms with Crippen molar-refractivity contribution < 1.29 is 9.90 Å². The van der Waals surface area contributed by atoms with Crippen LogP contribution in [0.2, 0.25) is 0 Å². The molecule has 1 unspecified atom stereocenters. The van der Waals surface area contributed by atoms with Gasteiger partial charge in [-0.05, 0) is 17.7 Å². The summed E-state index contributed by atoms with van der Waals surface area (Å²) in [5, 5.41) is 18.0. The highest BCUT2D eigenvalue weighted by Gasteiger charge is 2.28. The summed E-state index contributed by atoms with van der Waals surface area (Å²) in [6, 6.07) is 5.08. The summed E-state index contributed by atoms with van der Waals surface area (Å²) in [5.41, 5.74) is 1.30. The zero-order valence-corrected chi connectivity index (χ0v) is 10.6. The molecule has 0 amide bonds. The lowest BCUT2D eigenvalue weighted by Crippen LogP contribution is -2.46. The molecule has 94 valence electrons. The van der Waals surface area contributed by atoms with Gasteiger partial charge in [-0.25, -0.2) is 4.98 Å². The largest absolute Gasteiger partial charge is 0.480 e. The third-order valence-corrected chi connectivity index (χ3v) is 3.87. The second kappa shape index (κ2) is 5.85. The van der Waals surface area contributed by atoms with Crippen LogP contribution in [-0.2, 0) is 11.3 Å². The summed E-state index contributed by atoms with van der Waals surface area (Å²) in [6.45, 7) is 1.31. The molecule has 2 heterocycles. The van der Waals surface area contributed by atoms with Crippen LogP contribution in [0.3, 0.4) is 0 Å². The van der Waals surface area contributed by atoms with E-state index >= 15 is 0 Å². The van der Waals surface area contributed by atoms with Crippen LogP contribution in [0.4, 0.5) is 0 Å². The molecule has 0 saturated carbocycles. The third kappa shape index (κ3) is 3.00. The van der Waals surface area contributed by atoms with E-state index in [1.165, 1.54) is 0 Å². The highest BCUT2D eigenvalue weighted by molar-refractivity contribution is 7.99. The van der Waals surface area contributed by atoms with E-state index in [1.54, 1.807) is 24.0 Å². The molecule has 1 aromatic rings. The lowest BCUT2D eigenvalue weighted by atomic mass is 10.2. The van der Waals surface area contributed by atoms with Gasteiger partial charge in [0, 0.05) is 30.8 Å². The lowest BCUT2D eigenvalue weighted by Gasteiger charge is -2.32. The van der Waals surface area contributed by atoms with Gasteiger partial charge in [-0.15, -0.1) is 0 Å². The van der Waals surface area contributed by atoms with Gasteiger partial charge < -0.3 is 5.11 Å². The van der Waals surface area contributed by atoms with Gasteiger partial charge in [0.2, 0.25) is 0 Å². The molecule has 1 atom stereocenters. The number of carboxylic acids is 1. The molecule has 0 radical (unpaired) electrons. The average Bonchev–Trinajstić information content (AvgIpc) is 2.39. The monoisotopic (exact) mass is 263 g/mol. The number of rotatable bonds is 3. The molecular weight excluding hydrogens is 250 g/mol. The van der Waals surface area contributed by atoms with Crippen molar-refractivity contribution in [2.45, 2.75) is 12.6 Å². The molecule has 2 rings (SSSR count). The first-order valence-corrected chi connectivity index (χ1v) is 6.76. The van der Waals surface area contributed by atoms with E-state index in [9.17, 15) is 4.79 Å². The molecule has 0 aliphatic carbocycles. The van der Waals surface area contributed by atoms with Crippen molar-refractivity contribution in [1.29, 1.82) is 5.26 Å². The van der Waals surface area contributed by atoms with E-state index in [2.05, 4.69) is 4.98 Å². The number of aliphatic carboxylic acids is 1. The Hall–Kier alpha value is -1.58. The van der Waals surface area contributed by atoms with Crippen molar-refractivity contribution in [3.63, 3.8) is 0 Å². The normalized spacial score (nSPS) is 20.3. The Morgan fingerprint density at radius 1 is 1.72 bits per heavy atom.